The Morgan fingerprint density at radius 3 is 2.12 bits per heavy atom. The molecule has 1 amide bonds. The first-order valence-electron chi connectivity index (χ1n) is 16.2. The second-order valence-electron chi connectivity index (χ2n) is 12.2. The van der Waals surface area contributed by atoms with E-state index < -0.39 is 34.5 Å². The van der Waals surface area contributed by atoms with Crippen molar-refractivity contribution in [3.8, 4) is 0 Å². The van der Waals surface area contributed by atoms with Gasteiger partial charge in [0.1, 0.15) is 11.6 Å². The number of ketones is 2. The van der Waals surface area contributed by atoms with Crippen LogP contribution < -0.4 is 4.90 Å². The predicted octanol–water partition coefficient (Wildman–Crippen LogP) is 7.95. The van der Waals surface area contributed by atoms with Crippen LogP contribution in [0.4, 0.5) is 10.1 Å². The molecule has 5 aromatic rings. The number of benzene rings is 5. The van der Waals surface area contributed by atoms with Gasteiger partial charge in [0, 0.05) is 57.3 Å². The molecule has 5 aromatic carbocycles. The van der Waals surface area contributed by atoms with Crippen molar-refractivity contribution >= 4 is 28.9 Å². The molecule has 6 nitrogen and oxygen atoms in total. The average molecular weight is 648 g/mol. The van der Waals surface area contributed by atoms with Crippen molar-refractivity contribution in [1.82, 2.24) is 0 Å². The van der Waals surface area contributed by atoms with E-state index in [0.29, 0.717) is 22.4 Å². The molecule has 240 valence electrons. The maximum absolute atomic E-state index is 15.4. The number of halogens is 1. The van der Waals surface area contributed by atoms with Gasteiger partial charge in [-0.15, -0.1) is 0 Å². The van der Waals surface area contributed by atoms with Crippen LogP contribution in [-0.2, 0) is 32.0 Å². The van der Waals surface area contributed by atoms with Crippen molar-refractivity contribution < 1.29 is 28.2 Å². The quantitative estimate of drug-likeness (QED) is 0.133. The smallest absolute Gasteiger partial charge is 0.258 e. The standard InChI is InChI=1S/C42H30FNO5/c1-2-48-41(29-18-10-5-11-19-29)25-33(37(45)28-16-8-4-9-17-28)36-38(49-41)31-20-12-13-21-32(31)39(46)42(36)34-24-30(43)22-23-35(34)44(40(42)47)26-27-14-6-3-7-15-27/h3-25H,2,26H2,1H3/t41-,42-/m0/s1. The number of fused-ring (bicyclic) bond motifs is 5. The number of allylic oxidation sites excluding steroid dienone is 1. The van der Waals surface area contributed by atoms with Crippen LogP contribution in [0.1, 0.15) is 49.9 Å². The highest BCUT2D eigenvalue weighted by molar-refractivity contribution is 6.34. The van der Waals surface area contributed by atoms with E-state index >= 15 is 14.0 Å². The molecule has 0 unspecified atom stereocenters. The second kappa shape index (κ2) is 11.6. The summed E-state index contributed by atoms with van der Waals surface area (Å²) in [5.74, 6) is -3.66. The Morgan fingerprint density at radius 1 is 0.796 bits per heavy atom. The Hall–Kier alpha value is -5.92. The molecular weight excluding hydrogens is 617 g/mol. The number of carbonyl (C=O) groups excluding carboxylic acids is 3. The van der Waals surface area contributed by atoms with Crippen LogP contribution in [0, 0.1) is 5.82 Å². The van der Waals surface area contributed by atoms with Crippen molar-refractivity contribution in [3.05, 3.63) is 190 Å². The van der Waals surface area contributed by atoms with E-state index in [9.17, 15) is 4.79 Å². The first kappa shape index (κ1) is 30.4. The largest absolute Gasteiger partial charge is 0.453 e. The molecule has 0 bridgehead atoms. The normalized spacial score (nSPS) is 20.8. The fraction of sp³-hybridized carbons (Fsp3) is 0.119. The lowest BCUT2D eigenvalue weighted by Crippen LogP contribution is -2.52. The summed E-state index contributed by atoms with van der Waals surface area (Å²) in [6, 6.07) is 38.2. The monoisotopic (exact) mass is 647 g/mol. The van der Waals surface area contributed by atoms with Crippen LogP contribution in [0.3, 0.4) is 0 Å². The molecule has 0 saturated heterocycles. The molecule has 2 heterocycles. The summed E-state index contributed by atoms with van der Waals surface area (Å²) >= 11 is 0. The van der Waals surface area contributed by atoms with Crippen molar-refractivity contribution in [2.75, 3.05) is 11.5 Å². The van der Waals surface area contributed by atoms with Crippen molar-refractivity contribution in [3.63, 3.8) is 0 Å². The topological polar surface area (TPSA) is 72.9 Å². The summed E-state index contributed by atoms with van der Waals surface area (Å²) in [5.41, 5.74) is 0.934. The molecule has 49 heavy (non-hydrogen) atoms. The number of ether oxygens (including phenoxy) is 2. The first-order chi connectivity index (χ1) is 23.9. The number of hydrogen-bond acceptors (Lipinski definition) is 5. The SMILES string of the molecule is CCO[C@@]1(c2ccccc2)C=C(C(=O)c2ccccc2)C2=C(O1)c1ccccc1C(=O)[C@@]21C(=O)N(Cc2ccccc2)c2ccc(F)cc21. The molecule has 2 aliphatic heterocycles. The third kappa shape index (κ3) is 4.54. The van der Waals surface area contributed by atoms with E-state index in [4.69, 9.17) is 9.47 Å². The summed E-state index contributed by atoms with van der Waals surface area (Å²) in [6.07, 6.45) is 1.58. The fourth-order valence-corrected chi connectivity index (χ4v) is 7.33. The summed E-state index contributed by atoms with van der Waals surface area (Å²) in [4.78, 5) is 46.9. The van der Waals surface area contributed by atoms with Crippen LogP contribution in [0.2, 0.25) is 0 Å². The number of carbonyl (C=O) groups is 3. The molecular formula is C42H30FNO5. The summed E-state index contributed by atoms with van der Waals surface area (Å²) in [6.45, 7) is 2.16. The van der Waals surface area contributed by atoms with Crippen LogP contribution in [0.25, 0.3) is 5.76 Å². The fourth-order valence-electron chi connectivity index (χ4n) is 7.33. The van der Waals surface area contributed by atoms with E-state index in [1.807, 2.05) is 67.6 Å². The van der Waals surface area contributed by atoms with Gasteiger partial charge < -0.3 is 14.4 Å². The minimum absolute atomic E-state index is 0.0673. The van der Waals surface area contributed by atoms with Crippen LogP contribution in [0.15, 0.2) is 151 Å². The number of rotatable bonds is 7. The summed E-state index contributed by atoms with van der Waals surface area (Å²) < 4.78 is 28.8. The zero-order valence-electron chi connectivity index (χ0n) is 26.6. The minimum Gasteiger partial charge on any atom is -0.453 e. The van der Waals surface area contributed by atoms with Crippen LogP contribution in [-0.4, -0.2) is 24.1 Å². The molecule has 0 saturated carbocycles. The Bertz CT molecular complexity index is 2210. The van der Waals surface area contributed by atoms with E-state index in [-0.39, 0.29) is 41.2 Å². The second-order valence-corrected chi connectivity index (χ2v) is 12.2. The van der Waals surface area contributed by atoms with Gasteiger partial charge in [-0.3, -0.25) is 14.4 Å². The Morgan fingerprint density at radius 2 is 1.43 bits per heavy atom. The van der Waals surface area contributed by atoms with E-state index in [0.717, 1.165) is 5.56 Å². The first-order valence-corrected chi connectivity index (χ1v) is 16.2. The van der Waals surface area contributed by atoms with Crippen LogP contribution in [0.5, 0.6) is 0 Å². The molecule has 0 N–H and O–H groups in total. The van der Waals surface area contributed by atoms with Crippen molar-refractivity contribution in [1.29, 1.82) is 0 Å². The lowest BCUT2D eigenvalue weighted by molar-refractivity contribution is -0.170. The third-order valence-electron chi connectivity index (χ3n) is 9.43. The number of nitrogens with zero attached hydrogens (tertiary/aromatic N) is 1. The van der Waals surface area contributed by atoms with Crippen molar-refractivity contribution in [2.24, 2.45) is 0 Å². The molecule has 1 aliphatic carbocycles. The summed E-state index contributed by atoms with van der Waals surface area (Å²) in [5, 5.41) is 0. The number of Topliss-reactive ketones (excluding diaryl/α,β-unsaturated/α-hetero) is 2. The molecule has 8 rings (SSSR count). The van der Waals surface area contributed by atoms with E-state index in [1.165, 1.54) is 23.1 Å². The highest BCUT2D eigenvalue weighted by atomic mass is 19.1. The minimum atomic E-state index is -2.14. The molecule has 7 heteroatoms. The van der Waals surface area contributed by atoms with E-state index in [1.54, 1.807) is 60.7 Å². The van der Waals surface area contributed by atoms with Gasteiger partial charge in [-0.25, -0.2) is 4.39 Å². The van der Waals surface area contributed by atoms with Gasteiger partial charge in [0.05, 0.1) is 6.54 Å². The zero-order chi connectivity index (χ0) is 33.8. The lowest BCUT2D eigenvalue weighted by atomic mass is 9.61. The Labute approximate surface area is 282 Å². The van der Waals surface area contributed by atoms with Gasteiger partial charge in [-0.1, -0.05) is 115 Å². The van der Waals surface area contributed by atoms with Crippen molar-refractivity contribution in [2.45, 2.75) is 24.7 Å². The van der Waals surface area contributed by atoms with Gasteiger partial charge in [0.25, 0.3) is 11.7 Å². The predicted molar refractivity (Wildman–Crippen MR) is 183 cm³/mol. The van der Waals surface area contributed by atoms with Crippen LogP contribution >= 0.6 is 0 Å². The Kier molecular flexibility index (Phi) is 7.23. The van der Waals surface area contributed by atoms with Gasteiger partial charge >= 0.3 is 0 Å². The molecule has 3 aliphatic rings. The zero-order valence-corrected chi connectivity index (χ0v) is 26.6. The number of hydrogen-bond donors (Lipinski definition) is 0. The van der Waals surface area contributed by atoms with E-state index in [2.05, 4.69) is 0 Å². The van der Waals surface area contributed by atoms with Gasteiger partial charge in [-0.05, 0) is 30.7 Å². The van der Waals surface area contributed by atoms with Gasteiger partial charge in [-0.2, -0.15) is 0 Å². The highest BCUT2D eigenvalue weighted by Gasteiger charge is 2.65. The molecule has 0 fully saturated rings. The summed E-state index contributed by atoms with van der Waals surface area (Å²) in [7, 11) is 0. The molecule has 0 aromatic heterocycles. The number of amides is 1. The number of anilines is 1. The van der Waals surface area contributed by atoms with Gasteiger partial charge in [0.15, 0.2) is 17.0 Å². The highest BCUT2D eigenvalue weighted by Crippen LogP contribution is 2.59. The average Bonchev–Trinajstić information content (AvgIpc) is 3.37. The lowest BCUT2D eigenvalue weighted by Gasteiger charge is -2.44. The Balaban J connectivity index is 1.47. The van der Waals surface area contributed by atoms with Gasteiger partial charge in [0.2, 0.25) is 0 Å². The molecule has 2 atom stereocenters. The molecule has 1 spiro atoms. The third-order valence-corrected chi connectivity index (χ3v) is 9.43. The molecule has 0 radical (unpaired) electrons. The maximum atomic E-state index is 15.4. The maximum Gasteiger partial charge on any atom is 0.258 e.